The monoisotopic (exact) mass is 463 g/mol. The number of para-hydroxylation sites is 1. The lowest BCUT2D eigenvalue weighted by Gasteiger charge is -2.23. The van der Waals surface area contributed by atoms with Gasteiger partial charge in [0.25, 0.3) is 0 Å². The van der Waals surface area contributed by atoms with Crippen molar-refractivity contribution in [2.45, 2.75) is 25.7 Å². The van der Waals surface area contributed by atoms with Gasteiger partial charge >= 0.3 is 6.03 Å². The number of rotatable bonds is 5. The van der Waals surface area contributed by atoms with Gasteiger partial charge in [0.1, 0.15) is 5.75 Å². The number of benzene rings is 3. The molecule has 0 saturated carbocycles. The molecule has 7 heteroatoms. The number of carbonyl (C=O) groups excluding carboxylic acids is 2. The zero-order valence-corrected chi connectivity index (χ0v) is 19.2. The zero-order valence-electron chi connectivity index (χ0n) is 18.4. The van der Waals surface area contributed by atoms with Crippen LogP contribution in [0, 0.1) is 0 Å². The smallest absolute Gasteiger partial charge is 0.326 e. The van der Waals surface area contributed by atoms with Crippen molar-refractivity contribution < 1.29 is 14.3 Å². The van der Waals surface area contributed by atoms with Gasteiger partial charge < -0.3 is 15.4 Å². The summed E-state index contributed by atoms with van der Waals surface area (Å²) in [5.41, 5.74) is 4.20. The number of nitrogens with zero attached hydrogens (tertiary/aromatic N) is 1. The molecule has 1 aliphatic rings. The van der Waals surface area contributed by atoms with Crippen LogP contribution in [0.1, 0.15) is 24.0 Å². The first-order chi connectivity index (χ1) is 16.0. The Morgan fingerprint density at radius 3 is 2.58 bits per heavy atom. The highest BCUT2D eigenvalue weighted by Gasteiger charge is 2.21. The van der Waals surface area contributed by atoms with E-state index in [1.165, 1.54) is 12.7 Å². The molecule has 0 aromatic heterocycles. The van der Waals surface area contributed by atoms with Crippen molar-refractivity contribution in [3.05, 3.63) is 82.9 Å². The molecular formula is C26H26ClN3O3. The van der Waals surface area contributed by atoms with Crippen LogP contribution in [-0.4, -0.2) is 25.6 Å². The fraction of sp³-hybridized carbons (Fsp3) is 0.231. The summed E-state index contributed by atoms with van der Waals surface area (Å²) in [6.45, 7) is 0.689. The Labute approximate surface area is 198 Å². The minimum absolute atomic E-state index is 0.150. The first kappa shape index (κ1) is 22.7. The molecule has 0 unspecified atom stereocenters. The number of hydrogen-bond acceptors (Lipinski definition) is 3. The van der Waals surface area contributed by atoms with Gasteiger partial charge in [0.2, 0.25) is 5.91 Å². The lowest BCUT2D eigenvalue weighted by molar-refractivity contribution is -0.115. The summed E-state index contributed by atoms with van der Waals surface area (Å²) in [5.74, 6) is 0.356. The largest absolute Gasteiger partial charge is 0.495 e. The Hall–Kier alpha value is -3.51. The van der Waals surface area contributed by atoms with Crippen LogP contribution in [-0.2, 0) is 17.6 Å². The molecule has 170 valence electrons. The summed E-state index contributed by atoms with van der Waals surface area (Å²) in [7, 11) is 1.54. The van der Waals surface area contributed by atoms with Crippen molar-refractivity contribution in [3.63, 3.8) is 0 Å². The number of anilines is 3. The Kier molecular flexibility index (Phi) is 7.15. The van der Waals surface area contributed by atoms with E-state index in [0.717, 1.165) is 30.5 Å². The van der Waals surface area contributed by atoms with Crippen LogP contribution in [0.4, 0.5) is 21.9 Å². The quantitative estimate of drug-likeness (QED) is 0.494. The van der Waals surface area contributed by atoms with Crippen LogP contribution in [0.2, 0.25) is 5.02 Å². The predicted octanol–water partition coefficient (Wildman–Crippen LogP) is 5.90. The molecular weight excluding hydrogens is 438 g/mol. The highest BCUT2D eigenvalue weighted by atomic mass is 35.5. The number of aryl methyl sites for hydroxylation is 1. The number of hydrogen-bond donors (Lipinski definition) is 2. The molecule has 0 saturated heterocycles. The average Bonchev–Trinajstić information content (AvgIpc) is 3.03. The summed E-state index contributed by atoms with van der Waals surface area (Å²) >= 11 is 6.02. The fourth-order valence-electron chi connectivity index (χ4n) is 3.96. The van der Waals surface area contributed by atoms with Crippen molar-refractivity contribution in [3.8, 4) is 5.75 Å². The normalized spacial score (nSPS) is 13.0. The van der Waals surface area contributed by atoms with Gasteiger partial charge in [-0.2, -0.15) is 0 Å². The summed E-state index contributed by atoms with van der Waals surface area (Å²) in [6, 6.07) is 20.2. The van der Waals surface area contributed by atoms with Crippen LogP contribution in [0.15, 0.2) is 66.7 Å². The molecule has 0 spiro atoms. The second kappa shape index (κ2) is 10.4. The Morgan fingerprint density at radius 2 is 1.79 bits per heavy atom. The summed E-state index contributed by atoms with van der Waals surface area (Å²) in [4.78, 5) is 27.3. The van der Waals surface area contributed by atoms with Gasteiger partial charge in [0.15, 0.2) is 0 Å². The topological polar surface area (TPSA) is 70.7 Å². The maximum Gasteiger partial charge on any atom is 0.326 e. The molecule has 1 heterocycles. The number of urea groups is 1. The third-order valence-electron chi connectivity index (χ3n) is 5.61. The maximum absolute atomic E-state index is 13.0. The number of methoxy groups -OCH3 is 1. The van der Waals surface area contributed by atoms with Crippen LogP contribution in [0.3, 0.4) is 0 Å². The summed E-state index contributed by atoms with van der Waals surface area (Å²) in [6.07, 6.45) is 3.20. The van der Waals surface area contributed by atoms with Gasteiger partial charge in [-0.25, -0.2) is 4.79 Å². The third-order valence-corrected chi connectivity index (χ3v) is 5.85. The Bertz CT molecular complexity index is 1150. The van der Waals surface area contributed by atoms with Crippen LogP contribution in [0.25, 0.3) is 0 Å². The lowest BCUT2D eigenvalue weighted by atomic mass is 10.1. The van der Waals surface area contributed by atoms with Crippen LogP contribution >= 0.6 is 11.6 Å². The van der Waals surface area contributed by atoms with E-state index in [4.69, 9.17) is 16.3 Å². The van der Waals surface area contributed by atoms with E-state index in [0.29, 0.717) is 28.7 Å². The molecule has 1 aliphatic heterocycles. The van der Waals surface area contributed by atoms with Gasteiger partial charge in [-0.15, -0.1) is 0 Å². The second-order valence-electron chi connectivity index (χ2n) is 7.93. The molecule has 3 amide bonds. The summed E-state index contributed by atoms with van der Waals surface area (Å²) in [5, 5.41) is 6.32. The third kappa shape index (κ3) is 5.65. The molecule has 0 bridgehead atoms. The molecule has 3 aromatic rings. The highest BCUT2D eigenvalue weighted by molar-refractivity contribution is 6.31. The van der Waals surface area contributed by atoms with Crippen molar-refractivity contribution in [1.29, 1.82) is 0 Å². The number of halogens is 1. The van der Waals surface area contributed by atoms with E-state index < -0.39 is 0 Å². The van der Waals surface area contributed by atoms with Crippen molar-refractivity contribution in [2.24, 2.45) is 0 Å². The maximum atomic E-state index is 13.0. The van der Waals surface area contributed by atoms with Gasteiger partial charge in [-0.05, 0) is 66.8 Å². The van der Waals surface area contributed by atoms with Gasteiger partial charge in [-0.1, -0.05) is 41.9 Å². The molecule has 0 atom stereocenters. The Morgan fingerprint density at radius 1 is 1.00 bits per heavy atom. The Balaban J connectivity index is 1.38. The SMILES string of the molecule is COc1ccc(Cl)cc1NC(=O)Cc1ccc(NC(=O)N2CCCCc3ccccc32)cc1. The van der Waals surface area contributed by atoms with Crippen LogP contribution in [0.5, 0.6) is 5.75 Å². The molecule has 4 rings (SSSR count). The van der Waals surface area contributed by atoms with E-state index in [1.54, 1.807) is 18.2 Å². The lowest BCUT2D eigenvalue weighted by Crippen LogP contribution is -2.35. The van der Waals surface area contributed by atoms with Gasteiger partial charge in [-0.3, -0.25) is 9.69 Å². The first-order valence-electron chi connectivity index (χ1n) is 10.9. The predicted molar refractivity (Wildman–Crippen MR) is 133 cm³/mol. The van der Waals surface area contributed by atoms with E-state index in [9.17, 15) is 9.59 Å². The number of amides is 3. The first-order valence-corrected chi connectivity index (χ1v) is 11.3. The minimum Gasteiger partial charge on any atom is -0.495 e. The van der Waals surface area contributed by atoms with Gasteiger partial charge in [0.05, 0.1) is 19.2 Å². The zero-order chi connectivity index (χ0) is 23.2. The molecule has 0 fully saturated rings. The van der Waals surface area contributed by atoms with Gasteiger partial charge in [0, 0.05) is 22.9 Å². The molecule has 33 heavy (non-hydrogen) atoms. The summed E-state index contributed by atoms with van der Waals surface area (Å²) < 4.78 is 5.27. The van der Waals surface area contributed by atoms with Crippen molar-refractivity contribution >= 4 is 40.6 Å². The standard InChI is InChI=1S/C26H26ClN3O3/c1-33-24-14-11-20(27)17-22(24)29-25(31)16-18-9-12-21(13-10-18)28-26(32)30-15-5-4-7-19-6-2-3-8-23(19)30/h2-3,6,8-14,17H,4-5,7,15-16H2,1H3,(H,28,32)(H,29,31). The highest BCUT2D eigenvalue weighted by Crippen LogP contribution is 2.28. The van der Waals surface area contributed by atoms with Crippen molar-refractivity contribution in [1.82, 2.24) is 0 Å². The second-order valence-corrected chi connectivity index (χ2v) is 8.37. The number of nitrogens with one attached hydrogen (secondary N) is 2. The molecule has 6 nitrogen and oxygen atoms in total. The average molecular weight is 464 g/mol. The van der Waals surface area contributed by atoms with Crippen LogP contribution < -0.4 is 20.3 Å². The van der Waals surface area contributed by atoms with E-state index >= 15 is 0 Å². The van der Waals surface area contributed by atoms with Crippen molar-refractivity contribution in [2.75, 3.05) is 29.2 Å². The number of ether oxygens (including phenoxy) is 1. The van der Waals surface area contributed by atoms with E-state index in [-0.39, 0.29) is 18.4 Å². The molecule has 2 N–H and O–H groups in total. The molecule has 0 aliphatic carbocycles. The molecule has 0 radical (unpaired) electrons. The molecule has 3 aromatic carbocycles. The van der Waals surface area contributed by atoms with E-state index in [2.05, 4.69) is 16.7 Å². The fourth-order valence-corrected chi connectivity index (χ4v) is 4.13. The number of fused-ring (bicyclic) bond motifs is 1. The number of carbonyl (C=O) groups is 2. The minimum atomic E-state index is -0.187. The van der Waals surface area contributed by atoms with E-state index in [1.807, 2.05) is 47.4 Å².